The summed E-state index contributed by atoms with van der Waals surface area (Å²) in [4.78, 5) is 14.2. The highest BCUT2D eigenvalue weighted by atomic mass is 35.5. The first-order chi connectivity index (χ1) is 10.9. The van der Waals surface area contributed by atoms with Crippen molar-refractivity contribution < 1.29 is 17.9 Å². The minimum atomic E-state index is -3.20. The number of halogens is 1. The molecule has 0 atom stereocenters. The van der Waals surface area contributed by atoms with Gasteiger partial charge in [0.15, 0.2) is 0 Å². The van der Waals surface area contributed by atoms with Gasteiger partial charge in [0.2, 0.25) is 10.0 Å². The third kappa shape index (κ3) is 4.16. The van der Waals surface area contributed by atoms with E-state index in [0.717, 1.165) is 0 Å². The fraction of sp³-hybridized carbons (Fsp3) is 0.533. The van der Waals surface area contributed by atoms with Gasteiger partial charge < -0.3 is 9.64 Å². The van der Waals surface area contributed by atoms with Gasteiger partial charge in [-0.15, -0.1) is 0 Å². The molecule has 2 rings (SSSR count). The zero-order valence-corrected chi connectivity index (χ0v) is 14.9. The number of nitrogens with zero attached hydrogens (tertiary/aromatic N) is 2. The lowest BCUT2D eigenvalue weighted by Gasteiger charge is -2.33. The molecule has 1 fully saturated rings. The third-order valence-electron chi connectivity index (χ3n) is 3.76. The van der Waals surface area contributed by atoms with Crippen LogP contribution in [0.5, 0.6) is 5.75 Å². The Balaban J connectivity index is 2.04. The molecule has 8 heteroatoms. The molecule has 0 saturated carbocycles. The van der Waals surface area contributed by atoms with Crippen molar-refractivity contribution in [2.45, 2.75) is 13.8 Å². The molecule has 0 unspecified atom stereocenters. The molecule has 0 bridgehead atoms. The average Bonchev–Trinajstić information content (AvgIpc) is 2.56. The second kappa shape index (κ2) is 7.51. The summed E-state index contributed by atoms with van der Waals surface area (Å²) >= 11 is 6.11. The number of carbonyl (C=O) groups is 1. The van der Waals surface area contributed by atoms with Crippen molar-refractivity contribution in [3.63, 3.8) is 0 Å². The van der Waals surface area contributed by atoms with Crippen molar-refractivity contribution in [3.05, 3.63) is 28.8 Å². The Hall–Kier alpha value is -1.31. The van der Waals surface area contributed by atoms with E-state index < -0.39 is 10.0 Å². The van der Waals surface area contributed by atoms with Crippen LogP contribution in [0.1, 0.15) is 24.2 Å². The van der Waals surface area contributed by atoms with Crippen LogP contribution in [0.3, 0.4) is 0 Å². The maximum absolute atomic E-state index is 12.5. The number of piperazine rings is 1. The maximum Gasteiger partial charge on any atom is 0.253 e. The zero-order chi connectivity index (χ0) is 17.0. The van der Waals surface area contributed by atoms with E-state index in [4.69, 9.17) is 16.3 Å². The van der Waals surface area contributed by atoms with Crippen molar-refractivity contribution in [2.75, 3.05) is 38.5 Å². The smallest absolute Gasteiger partial charge is 0.253 e. The number of sulfonamides is 1. The summed E-state index contributed by atoms with van der Waals surface area (Å²) in [5, 5.41) is 0.393. The summed E-state index contributed by atoms with van der Waals surface area (Å²) in [5.41, 5.74) is 0.477. The fourth-order valence-corrected chi connectivity index (χ4v) is 3.76. The van der Waals surface area contributed by atoms with E-state index >= 15 is 0 Å². The molecule has 1 aliphatic rings. The van der Waals surface area contributed by atoms with Crippen LogP contribution < -0.4 is 4.74 Å². The third-order valence-corrected chi connectivity index (χ3v) is 5.94. The monoisotopic (exact) mass is 360 g/mol. The van der Waals surface area contributed by atoms with Gasteiger partial charge in [0.25, 0.3) is 5.91 Å². The van der Waals surface area contributed by atoms with E-state index in [0.29, 0.717) is 49.1 Å². The van der Waals surface area contributed by atoms with Gasteiger partial charge in [0, 0.05) is 31.7 Å². The van der Waals surface area contributed by atoms with Crippen LogP contribution >= 0.6 is 11.6 Å². The van der Waals surface area contributed by atoms with E-state index in [1.165, 1.54) is 4.31 Å². The van der Waals surface area contributed by atoms with Crippen LogP contribution in [0.4, 0.5) is 0 Å². The molecular formula is C15H21ClN2O4S. The van der Waals surface area contributed by atoms with E-state index in [2.05, 4.69) is 0 Å². The topological polar surface area (TPSA) is 66.9 Å². The van der Waals surface area contributed by atoms with Gasteiger partial charge in [-0.05, 0) is 32.0 Å². The molecule has 0 aliphatic carbocycles. The normalized spacial score (nSPS) is 16.4. The van der Waals surface area contributed by atoms with Gasteiger partial charge in [-0.2, -0.15) is 4.31 Å². The standard InChI is InChI=1S/C15H21ClN2O4S/c1-3-22-14-6-5-12(11-13(14)16)15(19)17-7-9-18(10-8-17)23(20,21)4-2/h5-6,11H,3-4,7-10H2,1-2H3. The second-order valence-corrected chi connectivity index (χ2v) is 7.83. The minimum Gasteiger partial charge on any atom is -0.492 e. The van der Waals surface area contributed by atoms with Crippen molar-refractivity contribution in [1.29, 1.82) is 0 Å². The highest BCUT2D eigenvalue weighted by Gasteiger charge is 2.28. The minimum absolute atomic E-state index is 0.0788. The summed E-state index contributed by atoms with van der Waals surface area (Å²) in [6.45, 7) is 5.39. The predicted molar refractivity (Wildman–Crippen MR) is 89.6 cm³/mol. The molecule has 0 spiro atoms. The molecule has 0 aromatic heterocycles. The lowest BCUT2D eigenvalue weighted by atomic mass is 10.1. The van der Waals surface area contributed by atoms with Gasteiger partial charge in [-0.3, -0.25) is 4.79 Å². The molecule has 6 nitrogen and oxygen atoms in total. The SMILES string of the molecule is CCOc1ccc(C(=O)N2CCN(S(=O)(=O)CC)CC2)cc1Cl. The summed E-state index contributed by atoms with van der Waals surface area (Å²) < 4.78 is 30.5. The molecule has 1 aliphatic heterocycles. The number of hydrogen-bond acceptors (Lipinski definition) is 4. The van der Waals surface area contributed by atoms with Crippen molar-refractivity contribution in [3.8, 4) is 5.75 Å². The van der Waals surface area contributed by atoms with Crippen LogP contribution in [-0.2, 0) is 10.0 Å². The Morgan fingerprint density at radius 3 is 2.39 bits per heavy atom. The van der Waals surface area contributed by atoms with E-state index in [1.54, 1.807) is 30.0 Å². The van der Waals surface area contributed by atoms with E-state index in [-0.39, 0.29) is 11.7 Å². The number of carbonyl (C=O) groups excluding carboxylic acids is 1. The van der Waals surface area contributed by atoms with Crippen molar-refractivity contribution >= 4 is 27.5 Å². The van der Waals surface area contributed by atoms with Gasteiger partial charge in [-0.1, -0.05) is 11.6 Å². The molecule has 1 aromatic carbocycles. The number of rotatable bonds is 5. The Bertz CT molecular complexity index is 670. The second-order valence-electron chi connectivity index (χ2n) is 5.17. The first kappa shape index (κ1) is 18.0. The highest BCUT2D eigenvalue weighted by Crippen LogP contribution is 2.26. The van der Waals surface area contributed by atoms with E-state index in [9.17, 15) is 13.2 Å². The summed E-state index contributed by atoms with van der Waals surface area (Å²) in [6, 6.07) is 4.94. The van der Waals surface area contributed by atoms with Crippen LogP contribution in [0.25, 0.3) is 0 Å². The highest BCUT2D eigenvalue weighted by molar-refractivity contribution is 7.89. The molecule has 1 amide bonds. The van der Waals surface area contributed by atoms with Crippen LogP contribution in [0.15, 0.2) is 18.2 Å². The molecule has 1 saturated heterocycles. The Morgan fingerprint density at radius 2 is 1.87 bits per heavy atom. The molecule has 1 aromatic rings. The summed E-state index contributed by atoms with van der Waals surface area (Å²) in [5.74, 6) is 0.475. The molecule has 0 N–H and O–H groups in total. The van der Waals surface area contributed by atoms with Crippen molar-refractivity contribution in [2.24, 2.45) is 0 Å². The number of amides is 1. The van der Waals surface area contributed by atoms with Gasteiger partial charge >= 0.3 is 0 Å². The van der Waals surface area contributed by atoms with Crippen LogP contribution in [0, 0.1) is 0 Å². The summed E-state index contributed by atoms with van der Waals surface area (Å²) in [6.07, 6.45) is 0. The number of hydrogen-bond donors (Lipinski definition) is 0. The number of ether oxygens (including phenoxy) is 1. The average molecular weight is 361 g/mol. The Morgan fingerprint density at radius 1 is 1.22 bits per heavy atom. The predicted octanol–water partition coefficient (Wildman–Crippen LogP) is 1.85. The largest absolute Gasteiger partial charge is 0.492 e. The number of benzene rings is 1. The van der Waals surface area contributed by atoms with Crippen molar-refractivity contribution in [1.82, 2.24) is 9.21 Å². The van der Waals surface area contributed by atoms with Gasteiger partial charge in [0.05, 0.1) is 17.4 Å². The lowest BCUT2D eigenvalue weighted by molar-refractivity contribution is 0.0698. The first-order valence-corrected chi connectivity index (χ1v) is 9.57. The molecular weight excluding hydrogens is 340 g/mol. The Labute approximate surface area is 142 Å². The fourth-order valence-electron chi connectivity index (χ4n) is 2.44. The molecule has 128 valence electrons. The molecule has 0 radical (unpaired) electrons. The van der Waals surface area contributed by atoms with Crippen LogP contribution in [0.2, 0.25) is 5.02 Å². The zero-order valence-electron chi connectivity index (χ0n) is 13.3. The van der Waals surface area contributed by atoms with Crippen LogP contribution in [-0.4, -0.2) is 62.1 Å². The molecule has 23 heavy (non-hydrogen) atoms. The Kier molecular flexibility index (Phi) is 5.89. The quantitative estimate of drug-likeness (QED) is 0.803. The lowest BCUT2D eigenvalue weighted by Crippen LogP contribution is -2.50. The van der Waals surface area contributed by atoms with Gasteiger partial charge in [-0.25, -0.2) is 8.42 Å². The molecule has 1 heterocycles. The maximum atomic E-state index is 12.5. The van der Waals surface area contributed by atoms with Gasteiger partial charge in [0.1, 0.15) is 5.75 Å². The first-order valence-electron chi connectivity index (χ1n) is 7.58. The summed E-state index contributed by atoms with van der Waals surface area (Å²) in [7, 11) is -3.20. The van der Waals surface area contributed by atoms with E-state index in [1.807, 2.05) is 6.92 Å².